The van der Waals surface area contributed by atoms with Gasteiger partial charge < -0.3 is 20.1 Å². The number of anilines is 1. The van der Waals surface area contributed by atoms with Crippen LogP contribution in [-0.2, 0) is 25.7 Å². The summed E-state index contributed by atoms with van der Waals surface area (Å²) in [6, 6.07) is 12.5. The summed E-state index contributed by atoms with van der Waals surface area (Å²) in [6.07, 6.45) is -2.40. The minimum atomic E-state index is -1.05. The Hall–Kier alpha value is -3.42. The number of amides is 2. The maximum absolute atomic E-state index is 12.9. The van der Waals surface area contributed by atoms with E-state index in [1.807, 2.05) is 0 Å². The van der Waals surface area contributed by atoms with Gasteiger partial charge in [0.25, 0.3) is 11.8 Å². The molecule has 0 aliphatic carbocycles. The number of nitrogens with one attached hydrogen (secondary N) is 2. The first kappa shape index (κ1) is 19.3. The summed E-state index contributed by atoms with van der Waals surface area (Å²) in [5.41, 5.74) is 1.24. The van der Waals surface area contributed by atoms with Crippen LogP contribution in [0.15, 0.2) is 48.5 Å². The maximum atomic E-state index is 12.9. The predicted octanol–water partition coefficient (Wildman–Crippen LogP) is 2.16. The smallest absolute Gasteiger partial charge is 0.310 e. The second-order valence-electron chi connectivity index (χ2n) is 6.27. The number of rotatable bonds is 6. The molecule has 2 aromatic carbocycles. The van der Waals surface area contributed by atoms with E-state index in [9.17, 15) is 18.8 Å². The third-order valence-electron chi connectivity index (χ3n) is 4.12. The number of benzene rings is 2. The van der Waals surface area contributed by atoms with Gasteiger partial charge in [0.15, 0.2) is 12.2 Å². The summed E-state index contributed by atoms with van der Waals surface area (Å²) in [5.74, 6) is -1.59. The molecular weight excluding hydrogens is 367 g/mol. The molecule has 8 heteroatoms. The van der Waals surface area contributed by atoms with Crippen molar-refractivity contribution in [1.82, 2.24) is 5.32 Å². The van der Waals surface area contributed by atoms with Gasteiger partial charge in [0.1, 0.15) is 11.6 Å². The van der Waals surface area contributed by atoms with Crippen molar-refractivity contribution in [2.45, 2.75) is 32.1 Å². The second-order valence-corrected chi connectivity index (χ2v) is 6.27. The van der Waals surface area contributed by atoms with Gasteiger partial charge in [-0.1, -0.05) is 24.3 Å². The van der Waals surface area contributed by atoms with Gasteiger partial charge in [0.2, 0.25) is 0 Å². The lowest BCUT2D eigenvalue weighted by atomic mass is 10.1. The summed E-state index contributed by atoms with van der Waals surface area (Å²) in [7, 11) is 0. The Kier molecular flexibility index (Phi) is 5.88. The Labute approximate surface area is 160 Å². The van der Waals surface area contributed by atoms with Gasteiger partial charge in [-0.25, -0.2) is 4.39 Å². The van der Waals surface area contributed by atoms with E-state index in [1.165, 1.54) is 19.1 Å². The molecule has 1 heterocycles. The van der Waals surface area contributed by atoms with E-state index in [1.54, 1.807) is 36.4 Å². The van der Waals surface area contributed by atoms with Crippen LogP contribution in [0.1, 0.15) is 18.9 Å². The molecule has 28 heavy (non-hydrogen) atoms. The van der Waals surface area contributed by atoms with Gasteiger partial charge in [0.05, 0.1) is 12.1 Å². The SMILES string of the molecule is C[C@@H](OC(=O)C[C@@H]1Oc2ccccc2NC1=O)C(=O)NCc1ccc(F)cc1. The fourth-order valence-electron chi connectivity index (χ4n) is 2.61. The fourth-order valence-corrected chi connectivity index (χ4v) is 2.61. The molecule has 0 bridgehead atoms. The van der Waals surface area contributed by atoms with Gasteiger partial charge in [-0.05, 0) is 36.8 Å². The molecule has 2 amide bonds. The highest BCUT2D eigenvalue weighted by Crippen LogP contribution is 2.29. The molecule has 146 valence electrons. The van der Waals surface area contributed by atoms with Crippen molar-refractivity contribution < 1.29 is 28.2 Å². The van der Waals surface area contributed by atoms with E-state index in [2.05, 4.69) is 10.6 Å². The Balaban J connectivity index is 1.48. The lowest BCUT2D eigenvalue weighted by Gasteiger charge is -2.25. The molecule has 2 N–H and O–H groups in total. The largest absolute Gasteiger partial charge is 0.478 e. The number of para-hydroxylation sites is 2. The Morgan fingerprint density at radius 2 is 1.93 bits per heavy atom. The highest BCUT2D eigenvalue weighted by atomic mass is 19.1. The van der Waals surface area contributed by atoms with Crippen LogP contribution in [0.5, 0.6) is 5.75 Å². The number of hydrogen-bond donors (Lipinski definition) is 2. The van der Waals surface area contributed by atoms with Crippen LogP contribution < -0.4 is 15.4 Å². The number of carbonyl (C=O) groups excluding carboxylic acids is 3. The molecule has 0 fully saturated rings. The molecular formula is C20H19FN2O5. The molecule has 0 spiro atoms. The van der Waals surface area contributed by atoms with Crippen molar-refractivity contribution in [3.05, 3.63) is 59.9 Å². The van der Waals surface area contributed by atoms with Crippen LogP contribution in [0.25, 0.3) is 0 Å². The van der Waals surface area contributed by atoms with Crippen LogP contribution >= 0.6 is 0 Å². The standard InChI is InChI=1S/C20H19FN2O5/c1-12(19(25)22-11-13-6-8-14(21)9-7-13)27-18(24)10-17-20(26)23-15-4-2-3-5-16(15)28-17/h2-9,12,17H,10-11H2,1H3,(H,22,25)(H,23,26)/t12-,17+/m1/s1. The number of ether oxygens (including phenoxy) is 2. The summed E-state index contributed by atoms with van der Waals surface area (Å²) < 4.78 is 23.5. The average Bonchev–Trinajstić information content (AvgIpc) is 2.67. The van der Waals surface area contributed by atoms with E-state index in [0.29, 0.717) is 17.0 Å². The quantitative estimate of drug-likeness (QED) is 0.742. The molecule has 0 unspecified atom stereocenters. The van der Waals surface area contributed by atoms with Crippen molar-refractivity contribution in [2.75, 3.05) is 5.32 Å². The third-order valence-corrected chi connectivity index (χ3v) is 4.12. The van der Waals surface area contributed by atoms with Crippen LogP contribution in [0, 0.1) is 5.82 Å². The summed E-state index contributed by atoms with van der Waals surface area (Å²) >= 11 is 0. The van der Waals surface area contributed by atoms with Crippen molar-refractivity contribution in [2.24, 2.45) is 0 Å². The first-order valence-electron chi connectivity index (χ1n) is 8.70. The minimum Gasteiger partial charge on any atom is -0.478 e. The lowest BCUT2D eigenvalue weighted by Crippen LogP contribution is -2.40. The number of carbonyl (C=O) groups is 3. The predicted molar refractivity (Wildman–Crippen MR) is 97.9 cm³/mol. The Morgan fingerprint density at radius 3 is 2.68 bits per heavy atom. The maximum Gasteiger partial charge on any atom is 0.310 e. The molecule has 7 nitrogen and oxygen atoms in total. The molecule has 0 aromatic heterocycles. The molecule has 3 rings (SSSR count). The molecule has 0 saturated heterocycles. The number of esters is 1. The Morgan fingerprint density at radius 1 is 1.21 bits per heavy atom. The monoisotopic (exact) mass is 386 g/mol. The molecule has 1 aliphatic heterocycles. The zero-order valence-electron chi connectivity index (χ0n) is 15.1. The Bertz CT molecular complexity index is 884. The zero-order valence-corrected chi connectivity index (χ0v) is 15.1. The van der Waals surface area contributed by atoms with Crippen LogP contribution in [0.2, 0.25) is 0 Å². The first-order valence-corrected chi connectivity index (χ1v) is 8.70. The zero-order chi connectivity index (χ0) is 20.1. The van der Waals surface area contributed by atoms with Gasteiger partial charge in [-0.3, -0.25) is 14.4 Å². The van der Waals surface area contributed by atoms with Crippen molar-refractivity contribution in [1.29, 1.82) is 0 Å². The van der Waals surface area contributed by atoms with Crippen molar-refractivity contribution in [3.8, 4) is 5.75 Å². The summed E-state index contributed by atoms with van der Waals surface area (Å²) in [6.45, 7) is 1.60. The highest BCUT2D eigenvalue weighted by molar-refractivity contribution is 5.99. The van der Waals surface area contributed by atoms with Gasteiger partial charge in [-0.15, -0.1) is 0 Å². The molecule has 0 radical (unpaired) electrons. The number of fused-ring (bicyclic) bond motifs is 1. The molecule has 2 atom stereocenters. The van der Waals surface area contributed by atoms with E-state index in [4.69, 9.17) is 9.47 Å². The highest BCUT2D eigenvalue weighted by Gasteiger charge is 2.31. The minimum absolute atomic E-state index is 0.173. The van der Waals surface area contributed by atoms with Crippen molar-refractivity contribution in [3.63, 3.8) is 0 Å². The van der Waals surface area contributed by atoms with Gasteiger partial charge in [0, 0.05) is 6.54 Å². The fraction of sp³-hybridized carbons (Fsp3) is 0.250. The van der Waals surface area contributed by atoms with Crippen molar-refractivity contribution >= 4 is 23.5 Å². The van der Waals surface area contributed by atoms with E-state index < -0.39 is 30.0 Å². The molecule has 2 aromatic rings. The van der Waals surface area contributed by atoms with E-state index >= 15 is 0 Å². The normalized spacial score (nSPS) is 16.2. The third kappa shape index (κ3) is 4.85. The van der Waals surface area contributed by atoms with Gasteiger partial charge in [-0.2, -0.15) is 0 Å². The van der Waals surface area contributed by atoms with E-state index in [-0.39, 0.29) is 18.8 Å². The summed E-state index contributed by atoms with van der Waals surface area (Å²) in [5, 5.41) is 5.26. The average molecular weight is 386 g/mol. The summed E-state index contributed by atoms with van der Waals surface area (Å²) in [4.78, 5) is 36.2. The lowest BCUT2D eigenvalue weighted by molar-refractivity contribution is -0.157. The first-order chi connectivity index (χ1) is 13.4. The topological polar surface area (TPSA) is 93.7 Å². The van der Waals surface area contributed by atoms with Gasteiger partial charge >= 0.3 is 5.97 Å². The van der Waals surface area contributed by atoms with E-state index in [0.717, 1.165) is 0 Å². The van der Waals surface area contributed by atoms with Crippen LogP contribution in [0.3, 0.4) is 0 Å². The van der Waals surface area contributed by atoms with Crippen LogP contribution in [0.4, 0.5) is 10.1 Å². The second kappa shape index (κ2) is 8.51. The number of hydrogen-bond acceptors (Lipinski definition) is 5. The number of halogens is 1. The van der Waals surface area contributed by atoms with Crippen LogP contribution in [-0.4, -0.2) is 30.0 Å². The molecule has 0 saturated carbocycles. The molecule has 1 aliphatic rings.